The minimum atomic E-state index is -3.62. The van der Waals surface area contributed by atoms with Crippen LogP contribution >= 0.6 is 0 Å². The highest BCUT2D eigenvalue weighted by Gasteiger charge is 2.28. The van der Waals surface area contributed by atoms with Crippen LogP contribution in [0.25, 0.3) is 0 Å². The summed E-state index contributed by atoms with van der Waals surface area (Å²) in [5.41, 5.74) is 1.51. The molecule has 156 valence electrons. The van der Waals surface area contributed by atoms with Crippen molar-refractivity contribution in [3.63, 3.8) is 0 Å². The first-order chi connectivity index (χ1) is 12.4. The topological polar surface area (TPSA) is 109 Å². The first kappa shape index (κ1) is 24.2. The van der Waals surface area contributed by atoms with Crippen LogP contribution in [0.1, 0.15) is 37.7 Å². The highest BCUT2D eigenvalue weighted by atomic mass is 32.2. The Morgan fingerprint density at radius 2 is 1.22 bits per heavy atom. The minimum Gasteiger partial charge on any atom is -0.413 e. The summed E-state index contributed by atoms with van der Waals surface area (Å²) in [6, 6.07) is 6.40. The van der Waals surface area contributed by atoms with E-state index in [-0.39, 0.29) is 13.2 Å². The molecule has 11 heteroatoms. The number of hydrogen-bond acceptors (Lipinski definition) is 8. The maximum absolute atomic E-state index is 11.2. The summed E-state index contributed by atoms with van der Waals surface area (Å²) in [4.78, 5) is 4.22. The number of nitrogens with zero attached hydrogens (tertiary/aromatic N) is 1. The zero-order valence-electron chi connectivity index (χ0n) is 16.5. The van der Waals surface area contributed by atoms with Crippen LogP contribution in [0.2, 0.25) is 18.1 Å². The number of pyridine rings is 1. The van der Waals surface area contributed by atoms with Gasteiger partial charge < -0.3 is 4.43 Å². The van der Waals surface area contributed by atoms with Gasteiger partial charge in [-0.15, -0.1) is 0 Å². The van der Waals surface area contributed by atoms with E-state index in [1.165, 1.54) is 0 Å². The molecule has 0 unspecified atom stereocenters. The first-order valence-corrected chi connectivity index (χ1v) is 14.9. The maximum Gasteiger partial charge on any atom is 0.264 e. The molecule has 0 N–H and O–H groups in total. The van der Waals surface area contributed by atoms with E-state index in [2.05, 4.69) is 25.8 Å². The first-order valence-electron chi connectivity index (χ1n) is 8.73. The van der Waals surface area contributed by atoms with Crippen LogP contribution in [0.3, 0.4) is 0 Å². The second-order valence-corrected chi connectivity index (χ2v) is 14.5. The molecule has 0 aliphatic heterocycles. The summed E-state index contributed by atoms with van der Waals surface area (Å²) in [6.07, 6.45) is 1.91. The van der Waals surface area contributed by atoms with E-state index in [0.717, 1.165) is 36.2 Å². The monoisotopic (exact) mass is 439 g/mol. The van der Waals surface area contributed by atoms with Crippen molar-refractivity contribution in [3.05, 3.63) is 29.1 Å². The molecule has 0 bridgehead atoms. The molecule has 0 radical (unpaired) electrons. The number of aromatic nitrogens is 1. The third kappa shape index (κ3) is 9.26. The molecule has 0 aliphatic rings. The van der Waals surface area contributed by atoms with Crippen LogP contribution in [0.5, 0.6) is 0 Å². The van der Waals surface area contributed by atoms with Gasteiger partial charge in [0.1, 0.15) is 13.2 Å². The lowest BCUT2D eigenvalue weighted by atomic mass is 10.2. The zero-order valence-corrected chi connectivity index (χ0v) is 19.2. The summed E-state index contributed by atoms with van der Waals surface area (Å²) < 4.78 is 60.8. The van der Waals surface area contributed by atoms with Gasteiger partial charge in [-0.1, -0.05) is 20.8 Å². The Morgan fingerprint density at radius 3 is 1.56 bits per heavy atom. The molecule has 0 amide bonds. The van der Waals surface area contributed by atoms with Gasteiger partial charge in [0.05, 0.1) is 30.5 Å². The van der Waals surface area contributed by atoms with Gasteiger partial charge in [-0.2, -0.15) is 16.8 Å². The van der Waals surface area contributed by atoms with Crippen molar-refractivity contribution in [2.45, 2.75) is 58.7 Å². The molecule has 1 aromatic rings. The minimum absolute atomic E-state index is 0.240. The van der Waals surface area contributed by atoms with Crippen LogP contribution in [-0.4, -0.2) is 42.6 Å². The lowest BCUT2D eigenvalue weighted by molar-refractivity contribution is 0.282. The molecule has 0 fully saturated rings. The van der Waals surface area contributed by atoms with Crippen LogP contribution in [0, 0.1) is 0 Å². The second-order valence-electron chi connectivity index (χ2n) is 6.42. The highest BCUT2D eigenvalue weighted by molar-refractivity contribution is 7.86. The Kier molecular flexibility index (Phi) is 9.03. The Balaban J connectivity index is 3.05. The molecule has 1 rings (SSSR count). The van der Waals surface area contributed by atoms with Crippen molar-refractivity contribution in [2.75, 3.05) is 12.5 Å². The molecular weight excluding hydrogens is 410 g/mol. The highest BCUT2D eigenvalue weighted by Crippen LogP contribution is 2.23. The fourth-order valence-electron chi connectivity index (χ4n) is 2.58. The third-order valence-electron chi connectivity index (χ3n) is 4.31. The van der Waals surface area contributed by atoms with E-state index in [9.17, 15) is 16.8 Å². The van der Waals surface area contributed by atoms with Crippen LogP contribution < -0.4 is 0 Å². The third-order valence-corrected chi connectivity index (χ3v) is 10.0. The quantitative estimate of drug-likeness (QED) is 0.361. The molecule has 0 atom stereocenters. The average Bonchev–Trinajstić information content (AvgIpc) is 2.59. The molecule has 0 saturated carbocycles. The Bertz CT molecular complexity index is 759. The second kappa shape index (κ2) is 10.1. The van der Waals surface area contributed by atoms with Crippen molar-refractivity contribution in [1.29, 1.82) is 0 Å². The SMILES string of the molecule is CC[Si](CC)(CC)OCc1cc(COS(C)(=O)=O)nc(COS(C)(=O)=O)c1. The average molecular weight is 440 g/mol. The molecular formula is C16H29NO7S2Si. The molecule has 0 saturated heterocycles. The summed E-state index contributed by atoms with van der Waals surface area (Å²) in [7, 11) is -9.05. The lowest BCUT2D eigenvalue weighted by Crippen LogP contribution is -2.35. The fourth-order valence-corrected chi connectivity index (χ4v) is 5.83. The van der Waals surface area contributed by atoms with Crippen LogP contribution in [0.4, 0.5) is 0 Å². The normalized spacial score (nSPS) is 13.1. The molecule has 0 aliphatic carbocycles. The summed E-state index contributed by atoms with van der Waals surface area (Å²) in [5.74, 6) is 0. The lowest BCUT2D eigenvalue weighted by Gasteiger charge is -2.28. The smallest absolute Gasteiger partial charge is 0.264 e. The zero-order chi connectivity index (χ0) is 20.7. The van der Waals surface area contributed by atoms with Crippen molar-refractivity contribution in [2.24, 2.45) is 0 Å². The summed E-state index contributed by atoms with van der Waals surface area (Å²) >= 11 is 0. The van der Waals surface area contributed by atoms with Gasteiger partial charge in [0.2, 0.25) is 0 Å². The van der Waals surface area contributed by atoms with E-state index in [4.69, 9.17) is 12.8 Å². The van der Waals surface area contributed by atoms with E-state index < -0.39 is 28.6 Å². The summed E-state index contributed by atoms with van der Waals surface area (Å²) in [6.45, 7) is 6.25. The van der Waals surface area contributed by atoms with Crippen molar-refractivity contribution < 1.29 is 29.6 Å². The predicted molar refractivity (Wildman–Crippen MR) is 105 cm³/mol. The molecule has 0 aromatic carbocycles. The number of rotatable bonds is 12. The molecule has 27 heavy (non-hydrogen) atoms. The Labute approximate surface area is 163 Å². The molecule has 0 spiro atoms. The van der Waals surface area contributed by atoms with E-state index >= 15 is 0 Å². The van der Waals surface area contributed by atoms with Crippen molar-refractivity contribution in [3.8, 4) is 0 Å². The van der Waals surface area contributed by atoms with E-state index in [1.54, 1.807) is 12.1 Å². The largest absolute Gasteiger partial charge is 0.413 e. The van der Waals surface area contributed by atoms with E-state index in [0.29, 0.717) is 18.0 Å². The Morgan fingerprint density at radius 1 is 0.815 bits per heavy atom. The van der Waals surface area contributed by atoms with Gasteiger partial charge in [-0.05, 0) is 35.8 Å². The number of hydrogen-bond donors (Lipinski definition) is 0. The predicted octanol–water partition coefficient (Wildman–Crippen LogP) is 2.56. The standard InChI is InChI=1S/C16H29NO7S2Si/c1-6-27(7-2,8-3)24-11-14-9-15(12-22-25(4,18)19)17-16(10-14)13-23-26(5,20)21/h9-10H,6-8,11-13H2,1-5H3. The van der Waals surface area contributed by atoms with Gasteiger partial charge in [-0.25, -0.2) is 0 Å². The maximum atomic E-state index is 11.2. The van der Waals surface area contributed by atoms with E-state index in [1.807, 2.05) is 0 Å². The van der Waals surface area contributed by atoms with Crippen molar-refractivity contribution in [1.82, 2.24) is 4.98 Å². The summed E-state index contributed by atoms with van der Waals surface area (Å²) in [5, 5.41) is 0. The van der Waals surface area contributed by atoms with Gasteiger partial charge in [-0.3, -0.25) is 13.4 Å². The Hall–Kier alpha value is -0.853. The van der Waals surface area contributed by atoms with Crippen LogP contribution in [-0.2, 0) is 52.8 Å². The van der Waals surface area contributed by atoms with Gasteiger partial charge in [0, 0.05) is 0 Å². The molecule has 1 heterocycles. The van der Waals surface area contributed by atoms with Gasteiger partial charge >= 0.3 is 0 Å². The van der Waals surface area contributed by atoms with Crippen molar-refractivity contribution >= 4 is 28.6 Å². The van der Waals surface area contributed by atoms with Crippen LogP contribution in [0.15, 0.2) is 12.1 Å². The molecule has 1 aromatic heterocycles. The molecule has 8 nitrogen and oxygen atoms in total. The van der Waals surface area contributed by atoms with Gasteiger partial charge in [0.25, 0.3) is 20.2 Å². The van der Waals surface area contributed by atoms with Gasteiger partial charge in [0.15, 0.2) is 8.32 Å². The fraction of sp³-hybridized carbons (Fsp3) is 0.688.